The highest BCUT2D eigenvalue weighted by Gasteiger charge is 2.27. The Bertz CT molecular complexity index is 441. The first kappa shape index (κ1) is 11.9. The number of hydrogen-bond donors (Lipinski definition) is 0. The summed E-state index contributed by atoms with van der Waals surface area (Å²) in [5.41, 5.74) is 0.783. The third kappa shape index (κ3) is 3.16. The zero-order valence-electron chi connectivity index (χ0n) is 9.14. The van der Waals surface area contributed by atoms with Crippen LogP contribution in [0.2, 0.25) is 0 Å². The quantitative estimate of drug-likeness (QED) is 0.725. The highest BCUT2D eigenvalue weighted by molar-refractivity contribution is 7.91. The van der Waals surface area contributed by atoms with E-state index >= 15 is 0 Å². The molecular weight excluding hydrogens is 210 g/mol. The Morgan fingerprint density at radius 3 is 2.13 bits per heavy atom. The van der Waals surface area contributed by atoms with E-state index in [4.69, 9.17) is 0 Å². The summed E-state index contributed by atoms with van der Waals surface area (Å²) in [5, 5.41) is 0. The fraction of sp³-hybridized carbons (Fsp3) is 0.364. The molecule has 0 bridgehead atoms. The zero-order valence-corrected chi connectivity index (χ0v) is 9.95. The van der Waals surface area contributed by atoms with E-state index in [1.54, 1.807) is 20.8 Å². The van der Waals surface area contributed by atoms with Crippen LogP contribution in [0.4, 0.5) is 0 Å². The number of rotatable bonds is 2. The molecule has 4 heteroatoms. The molecule has 0 aromatic heterocycles. The molecule has 0 saturated carbocycles. The van der Waals surface area contributed by atoms with Gasteiger partial charge in [-0.3, -0.25) is 0 Å². The van der Waals surface area contributed by atoms with Crippen molar-refractivity contribution in [1.82, 2.24) is 0 Å². The van der Waals surface area contributed by atoms with Crippen molar-refractivity contribution >= 4 is 16.2 Å². The first-order valence-corrected chi connectivity index (χ1v) is 6.12. The second-order valence-electron chi connectivity index (χ2n) is 4.23. The zero-order chi connectivity index (χ0) is 11.5. The number of benzene rings is 1. The van der Waals surface area contributed by atoms with Gasteiger partial charge in [0.15, 0.2) is 0 Å². The van der Waals surface area contributed by atoms with Crippen molar-refractivity contribution in [1.29, 1.82) is 0 Å². The van der Waals surface area contributed by atoms with Crippen molar-refractivity contribution in [3.63, 3.8) is 0 Å². The molecule has 15 heavy (non-hydrogen) atoms. The van der Waals surface area contributed by atoms with Crippen LogP contribution in [0.25, 0.3) is 0 Å². The van der Waals surface area contributed by atoms with Crippen LogP contribution >= 0.6 is 0 Å². The first-order valence-electron chi connectivity index (χ1n) is 4.68. The Morgan fingerprint density at radius 1 is 1.13 bits per heavy atom. The summed E-state index contributed by atoms with van der Waals surface area (Å²) < 4.78 is 26.1. The molecule has 0 heterocycles. The third-order valence-corrected chi connectivity index (χ3v) is 3.84. The Labute approximate surface area is 90.9 Å². The first-order chi connectivity index (χ1) is 6.83. The SMILES string of the molecule is CC(C)(C)S(=O)(=O)/N=C\c1ccccc1. The topological polar surface area (TPSA) is 46.5 Å². The molecule has 1 rings (SSSR count). The highest BCUT2D eigenvalue weighted by atomic mass is 32.2. The molecule has 0 aliphatic carbocycles. The second-order valence-corrected chi connectivity index (χ2v) is 6.62. The van der Waals surface area contributed by atoms with E-state index in [0.29, 0.717) is 0 Å². The van der Waals surface area contributed by atoms with E-state index in [1.807, 2.05) is 30.3 Å². The summed E-state index contributed by atoms with van der Waals surface area (Å²) >= 11 is 0. The van der Waals surface area contributed by atoms with Crippen LogP contribution in [-0.2, 0) is 10.0 Å². The Morgan fingerprint density at radius 2 is 1.67 bits per heavy atom. The summed E-state index contributed by atoms with van der Waals surface area (Å²) in [4.78, 5) is 0. The molecular formula is C11H15NO2S. The van der Waals surface area contributed by atoms with Gasteiger partial charge in [-0.15, -0.1) is 0 Å². The van der Waals surface area contributed by atoms with Crippen molar-refractivity contribution in [2.45, 2.75) is 25.5 Å². The van der Waals surface area contributed by atoms with E-state index in [-0.39, 0.29) is 0 Å². The molecule has 1 aromatic carbocycles. The van der Waals surface area contributed by atoms with E-state index in [2.05, 4.69) is 4.40 Å². The predicted octanol–water partition coefficient (Wildman–Crippen LogP) is 2.23. The molecule has 0 aliphatic heterocycles. The fourth-order valence-electron chi connectivity index (χ4n) is 0.827. The average Bonchev–Trinajstić information content (AvgIpc) is 2.15. The summed E-state index contributed by atoms with van der Waals surface area (Å²) in [7, 11) is -3.43. The predicted molar refractivity (Wildman–Crippen MR) is 62.7 cm³/mol. The molecule has 0 fully saturated rings. The minimum Gasteiger partial charge on any atom is -0.204 e. The minimum atomic E-state index is -3.43. The van der Waals surface area contributed by atoms with Gasteiger partial charge in [-0.05, 0) is 26.3 Å². The van der Waals surface area contributed by atoms with Crippen LogP contribution in [-0.4, -0.2) is 19.4 Å². The molecule has 0 saturated heterocycles. The maximum Gasteiger partial charge on any atom is 0.258 e. The molecule has 1 aromatic rings. The van der Waals surface area contributed by atoms with Crippen molar-refractivity contribution in [2.24, 2.45) is 4.40 Å². The monoisotopic (exact) mass is 225 g/mol. The molecule has 0 unspecified atom stereocenters. The van der Waals surface area contributed by atoms with Gasteiger partial charge >= 0.3 is 0 Å². The van der Waals surface area contributed by atoms with Gasteiger partial charge in [-0.1, -0.05) is 30.3 Å². The molecule has 0 atom stereocenters. The van der Waals surface area contributed by atoms with Crippen LogP contribution in [0.1, 0.15) is 26.3 Å². The lowest BCUT2D eigenvalue weighted by Gasteiger charge is -2.14. The average molecular weight is 225 g/mol. The molecule has 0 spiro atoms. The van der Waals surface area contributed by atoms with Gasteiger partial charge in [0.1, 0.15) is 0 Å². The fourth-order valence-corrected chi connectivity index (χ4v) is 1.40. The molecule has 82 valence electrons. The van der Waals surface area contributed by atoms with Gasteiger partial charge in [0.25, 0.3) is 10.0 Å². The van der Waals surface area contributed by atoms with Crippen LogP contribution < -0.4 is 0 Å². The minimum absolute atomic E-state index is 0.783. The lowest BCUT2D eigenvalue weighted by Crippen LogP contribution is -2.25. The van der Waals surface area contributed by atoms with Gasteiger partial charge in [0, 0.05) is 6.21 Å². The number of nitrogens with zero attached hydrogens (tertiary/aromatic N) is 1. The van der Waals surface area contributed by atoms with Crippen molar-refractivity contribution < 1.29 is 8.42 Å². The van der Waals surface area contributed by atoms with Crippen molar-refractivity contribution in [3.8, 4) is 0 Å². The van der Waals surface area contributed by atoms with Crippen LogP contribution in [0.15, 0.2) is 34.7 Å². The molecule has 0 amide bonds. The molecule has 0 aliphatic rings. The van der Waals surface area contributed by atoms with Crippen molar-refractivity contribution in [2.75, 3.05) is 0 Å². The Balaban J connectivity index is 2.93. The Hall–Kier alpha value is -1.16. The third-order valence-electron chi connectivity index (χ3n) is 1.91. The van der Waals surface area contributed by atoms with Gasteiger partial charge in [0.05, 0.1) is 4.75 Å². The van der Waals surface area contributed by atoms with Crippen LogP contribution in [0.5, 0.6) is 0 Å². The normalized spacial score (nSPS) is 13.3. The highest BCUT2D eigenvalue weighted by Crippen LogP contribution is 2.16. The molecule has 3 nitrogen and oxygen atoms in total. The number of hydrogen-bond acceptors (Lipinski definition) is 2. The maximum absolute atomic E-state index is 11.6. The van der Waals surface area contributed by atoms with Crippen LogP contribution in [0.3, 0.4) is 0 Å². The molecule has 0 radical (unpaired) electrons. The second kappa shape index (κ2) is 4.14. The van der Waals surface area contributed by atoms with Crippen molar-refractivity contribution in [3.05, 3.63) is 35.9 Å². The maximum atomic E-state index is 11.6. The van der Waals surface area contributed by atoms with Crippen LogP contribution in [0, 0.1) is 0 Å². The van der Waals surface area contributed by atoms with Gasteiger partial charge in [0.2, 0.25) is 0 Å². The van der Waals surface area contributed by atoms with E-state index in [0.717, 1.165) is 5.56 Å². The lowest BCUT2D eigenvalue weighted by molar-refractivity contribution is 0.562. The summed E-state index contributed by atoms with van der Waals surface area (Å²) in [6, 6.07) is 9.16. The summed E-state index contributed by atoms with van der Waals surface area (Å²) in [5.74, 6) is 0. The summed E-state index contributed by atoms with van der Waals surface area (Å²) in [6.45, 7) is 4.89. The number of sulfonamides is 1. The van der Waals surface area contributed by atoms with E-state index in [9.17, 15) is 8.42 Å². The smallest absolute Gasteiger partial charge is 0.204 e. The standard InChI is InChI=1S/C11H15NO2S/c1-11(2,3)15(13,14)12-9-10-7-5-4-6-8-10/h4-9H,1-3H3/b12-9-. The van der Waals surface area contributed by atoms with E-state index < -0.39 is 14.8 Å². The lowest BCUT2D eigenvalue weighted by atomic mass is 10.2. The largest absolute Gasteiger partial charge is 0.258 e. The van der Waals surface area contributed by atoms with Gasteiger partial charge in [-0.2, -0.15) is 4.40 Å². The van der Waals surface area contributed by atoms with Gasteiger partial charge in [-0.25, -0.2) is 8.42 Å². The Kier molecular flexibility index (Phi) is 3.29. The van der Waals surface area contributed by atoms with Gasteiger partial charge < -0.3 is 0 Å². The summed E-state index contributed by atoms with van der Waals surface area (Å²) in [6.07, 6.45) is 1.38. The van der Waals surface area contributed by atoms with E-state index in [1.165, 1.54) is 6.21 Å². The molecule has 0 N–H and O–H groups in total.